The van der Waals surface area contributed by atoms with E-state index in [0.717, 1.165) is 5.39 Å². The third kappa shape index (κ3) is 3.63. The highest BCUT2D eigenvalue weighted by molar-refractivity contribution is 6.02. The Morgan fingerprint density at radius 1 is 1.25 bits per heavy atom. The molecular weight excluding hydrogens is 308 g/mol. The molecule has 2 aromatic rings. The number of para-hydroxylation sites is 1. The van der Waals surface area contributed by atoms with Crippen LogP contribution in [-0.2, 0) is 14.3 Å². The number of nitriles is 1. The van der Waals surface area contributed by atoms with Crippen molar-refractivity contribution < 1.29 is 19.1 Å². The summed E-state index contributed by atoms with van der Waals surface area (Å²) in [6.45, 7) is 5.34. The van der Waals surface area contributed by atoms with Crippen molar-refractivity contribution in [2.75, 3.05) is 7.11 Å². The smallest absolute Gasteiger partial charge is 0.419 e. The minimum Gasteiger partial charge on any atom is -0.465 e. The van der Waals surface area contributed by atoms with E-state index in [2.05, 4.69) is 4.74 Å². The van der Waals surface area contributed by atoms with E-state index >= 15 is 0 Å². The predicted molar refractivity (Wildman–Crippen MR) is 89.2 cm³/mol. The van der Waals surface area contributed by atoms with Crippen molar-refractivity contribution in [3.63, 3.8) is 0 Å². The molecule has 0 saturated carbocycles. The van der Waals surface area contributed by atoms with Gasteiger partial charge in [0.15, 0.2) is 0 Å². The van der Waals surface area contributed by atoms with Gasteiger partial charge < -0.3 is 9.47 Å². The van der Waals surface area contributed by atoms with E-state index in [0.29, 0.717) is 11.1 Å². The number of benzene rings is 1. The fourth-order valence-corrected chi connectivity index (χ4v) is 2.20. The second kappa shape index (κ2) is 6.59. The quantitative estimate of drug-likeness (QED) is 0.479. The number of rotatable bonds is 2. The molecule has 2 rings (SSSR count). The van der Waals surface area contributed by atoms with Gasteiger partial charge in [-0.3, -0.25) is 4.57 Å². The highest BCUT2D eigenvalue weighted by Crippen LogP contribution is 2.24. The first kappa shape index (κ1) is 17.3. The first-order valence-electron chi connectivity index (χ1n) is 7.30. The van der Waals surface area contributed by atoms with Crippen LogP contribution in [0.4, 0.5) is 4.79 Å². The van der Waals surface area contributed by atoms with E-state index in [4.69, 9.17) is 10.00 Å². The van der Waals surface area contributed by atoms with Gasteiger partial charge >= 0.3 is 12.1 Å². The number of methoxy groups -OCH3 is 1. The topological polar surface area (TPSA) is 81.3 Å². The molecular formula is C18H18N2O4. The molecule has 1 heterocycles. The van der Waals surface area contributed by atoms with E-state index in [-0.39, 0.29) is 5.57 Å². The van der Waals surface area contributed by atoms with Crippen LogP contribution in [0.1, 0.15) is 26.3 Å². The molecule has 0 spiro atoms. The molecule has 0 saturated heterocycles. The van der Waals surface area contributed by atoms with Crippen LogP contribution >= 0.6 is 0 Å². The number of carbonyl (C=O) groups is 2. The number of ether oxygens (including phenoxy) is 2. The lowest BCUT2D eigenvalue weighted by molar-refractivity contribution is -0.135. The lowest BCUT2D eigenvalue weighted by Gasteiger charge is -2.20. The molecule has 0 atom stereocenters. The second-order valence-electron chi connectivity index (χ2n) is 6.11. The maximum absolute atomic E-state index is 12.4. The van der Waals surface area contributed by atoms with Gasteiger partial charge in [-0.25, -0.2) is 9.59 Å². The summed E-state index contributed by atoms with van der Waals surface area (Å²) in [7, 11) is 1.21. The van der Waals surface area contributed by atoms with Crippen molar-refractivity contribution in [2.45, 2.75) is 26.4 Å². The summed E-state index contributed by atoms with van der Waals surface area (Å²) in [5, 5.41) is 9.91. The highest BCUT2D eigenvalue weighted by Gasteiger charge is 2.20. The van der Waals surface area contributed by atoms with Crippen LogP contribution in [0, 0.1) is 11.3 Å². The maximum Gasteiger partial charge on any atom is 0.419 e. The number of nitrogens with zero attached hydrogens (tertiary/aromatic N) is 2. The summed E-state index contributed by atoms with van der Waals surface area (Å²) in [5.41, 5.74) is 0.318. The summed E-state index contributed by atoms with van der Waals surface area (Å²) in [4.78, 5) is 24.0. The van der Waals surface area contributed by atoms with E-state index < -0.39 is 17.7 Å². The van der Waals surface area contributed by atoms with Crippen LogP contribution in [0.25, 0.3) is 17.0 Å². The molecule has 6 nitrogen and oxygen atoms in total. The number of aromatic nitrogens is 1. The van der Waals surface area contributed by atoms with Crippen LogP contribution in [0.15, 0.2) is 36.0 Å². The van der Waals surface area contributed by atoms with Crippen LogP contribution < -0.4 is 0 Å². The van der Waals surface area contributed by atoms with Crippen LogP contribution in [0.2, 0.25) is 0 Å². The van der Waals surface area contributed by atoms with Gasteiger partial charge in [0.1, 0.15) is 17.2 Å². The van der Waals surface area contributed by atoms with E-state index in [1.165, 1.54) is 17.8 Å². The SMILES string of the molecule is COC(=O)C(C#N)=Cc1cccc2ccn(C(=O)OC(C)(C)C)c12. The predicted octanol–water partition coefficient (Wildman–Crippen LogP) is 3.50. The van der Waals surface area contributed by atoms with Gasteiger partial charge in [0.2, 0.25) is 0 Å². The second-order valence-corrected chi connectivity index (χ2v) is 6.11. The molecule has 0 fully saturated rings. The first-order chi connectivity index (χ1) is 11.3. The van der Waals surface area contributed by atoms with Gasteiger partial charge in [0, 0.05) is 17.1 Å². The van der Waals surface area contributed by atoms with Crippen LogP contribution in [0.3, 0.4) is 0 Å². The maximum atomic E-state index is 12.4. The van der Waals surface area contributed by atoms with Crippen molar-refractivity contribution in [1.29, 1.82) is 5.26 Å². The normalized spacial score (nSPS) is 11.9. The number of carbonyl (C=O) groups excluding carboxylic acids is 2. The standard InChI is InChI=1S/C18H18N2O4/c1-18(2,3)24-17(22)20-9-8-12-6-5-7-13(15(12)20)10-14(11-19)16(21)23-4/h5-10H,1-4H3. The van der Waals surface area contributed by atoms with Gasteiger partial charge in [0.05, 0.1) is 12.6 Å². The monoisotopic (exact) mass is 326 g/mol. The summed E-state index contributed by atoms with van der Waals surface area (Å²) < 4.78 is 11.3. The fourth-order valence-electron chi connectivity index (χ4n) is 2.20. The Morgan fingerprint density at radius 3 is 2.54 bits per heavy atom. The molecule has 6 heteroatoms. The molecule has 0 unspecified atom stereocenters. The molecule has 0 bridgehead atoms. The van der Waals surface area contributed by atoms with Crippen LogP contribution in [-0.4, -0.2) is 29.3 Å². The Morgan fingerprint density at radius 2 is 1.96 bits per heavy atom. The Balaban J connectivity index is 2.59. The van der Waals surface area contributed by atoms with Gasteiger partial charge in [-0.05, 0) is 32.9 Å². The summed E-state index contributed by atoms with van der Waals surface area (Å²) in [5.74, 6) is -0.732. The number of hydrogen-bond donors (Lipinski definition) is 0. The Hall–Kier alpha value is -3.07. The average molecular weight is 326 g/mol. The van der Waals surface area contributed by atoms with E-state index in [1.807, 2.05) is 6.07 Å². The molecule has 24 heavy (non-hydrogen) atoms. The van der Waals surface area contributed by atoms with Crippen molar-refractivity contribution in [2.24, 2.45) is 0 Å². The lowest BCUT2D eigenvalue weighted by Crippen LogP contribution is -2.26. The summed E-state index contributed by atoms with van der Waals surface area (Å²) in [6.07, 6.45) is 2.46. The molecule has 0 radical (unpaired) electrons. The van der Waals surface area contributed by atoms with E-state index in [1.54, 1.807) is 51.2 Å². The highest BCUT2D eigenvalue weighted by atomic mass is 16.6. The Kier molecular flexibility index (Phi) is 4.74. The molecule has 1 aromatic heterocycles. The zero-order valence-electron chi connectivity index (χ0n) is 14.0. The molecule has 124 valence electrons. The van der Waals surface area contributed by atoms with Crippen LogP contribution in [0.5, 0.6) is 0 Å². The molecule has 0 aliphatic heterocycles. The van der Waals surface area contributed by atoms with Gasteiger partial charge in [-0.1, -0.05) is 18.2 Å². The third-order valence-corrected chi connectivity index (χ3v) is 3.16. The molecule has 0 aliphatic carbocycles. The molecule has 0 aliphatic rings. The van der Waals surface area contributed by atoms with Crippen molar-refractivity contribution in [3.05, 3.63) is 41.6 Å². The zero-order valence-corrected chi connectivity index (χ0v) is 14.0. The van der Waals surface area contributed by atoms with Gasteiger partial charge in [0.25, 0.3) is 0 Å². The largest absolute Gasteiger partial charge is 0.465 e. The summed E-state index contributed by atoms with van der Waals surface area (Å²) >= 11 is 0. The number of esters is 1. The molecule has 0 amide bonds. The fraction of sp³-hybridized carbons (Fsp3) is 0.278. The first-order valence-corrected chi connectivity index (χ1v) is 7.30. The molecule has 0 N–H and O–H groups in total. The third-order valence-electron chi connectivity index (χ3n) is 3.16. The summed E-state index contributed by atoms with van der Waals surface area (Å²) in [6, 6.07) is 8.89. The molecule has 1 aromatic carbocycles. The Bertz CT molecular complexity index is 863. The van der Waals surface area contributed by atoms with Gasteiger partial charge in [-0.2, -0.15) is 5.26 Å². The van der Waals surface area contributed by atoms with Crippen molar-refractivity contribution in [3.8, 4) is 6.07 Å². The number of hydrogen-bond acceptors (Lipinski definition) is 5. The minimum atomic E-state index is -0.732. The average Bonchev–Trinajstić information content (AvgIpc) is 2.95. The number of fused-ring (bicyclic) bond motifs is 1. The van der Waals surface area contributed by atoms with Crippen molar-refractivity contribution >= 4 is 29.0 Å². The Labute approximate surface area is 139 Å². The lowest BCUT2D eigenvalue weighted by atomic mass is 10.1. The zero-order chi connectivity index (χ0) is 17.9. The minimum absolute atomic E-state index is 0.151. The van der Waals surface area contributed by atoms with E-state index in [9.17, 15) is 9.59 Å². The van der Waals surface area contributed by atoms with Gasteiger partial charge in [-0.15, -0.1) is 0 Å². The van der Waals surface area contributed by atoms with Crippen molar-refractivity contribution in [1.82, 2.24) is 4.57 Å².